The van der Waals surface area contributed by atoms with Crippen molar-refractivity contribution in [1.29, 1.82) is 5.26 Å². The molecule has 2 aromatic heterocycles. The topological polar surface area (TPSA) is 110 Å². The van der Waals surface area contributed by atoms with E-state index in [1.54, 1.807) is 37.5 Å². The van der Waals surface area contributed by atoms with Crippen LogP contribution in [0, 0.1) is 29.1 Å². The second kappa shape index (κ2) is 12.0. The Labute approximate surface area is 251 Å². The Morgan fingerprint density at radius 3 is 2.65 bits per heavy atom. The fourth-order valence-corrected chi connectivity index (χ4v) is 5.04. The molecule has 0 saturated heterocycles. The molecule has 0 unspecified atom stereocenters. The van der Waals surface area contributed by atoms with Crippen molar-refractivity contribution >= 4 is 33.1 Å². The Bertz CT molecular complexity index is 1780. The van der Waals surface area contributed by atoms with E-state index >= 15 is 0 Å². The van der Waals surface area contributed by atoms with Crippen LogP contribution in [-0.4, -0.2) is 41.3 Å². The molecule has 3 heterocycles. The first-order valence-corrected chi connectivity index (χ1v) is 14.0. The van der Waals surface area contributed by atoms with Gasteiger partial charge in [0, 0.05) is 41.6 Å². The number of terminal acetylenes is 1. The predicted molar refractivity (Wildman–Crippen MR) is 169 cm³/mol. The van der Waals surface area contributed by atoms with Gasteiger partial charge in [-0.1, -0.05) is 38.8 Å². The minimum Gasteiger partial charge on any atom is -0.481 e. The van der Waals surface area contributed by atoms with Gasteiger partial charge in [-0.15, -0.1) is 12.0 Å². The summed E-state index contributed by atoms with van der Waals surface area (Å²) in [5.74, 6) is 3.25. The highest BCUT2D eigenvalue weighted by Gasteiger charge is 2.27. The smallest absolute Gasteiger partial charge is 0.221 e. The van der Waals surface area contributed by atoms with Gasteiger partial charge >= 0.3 is 0 Å². The van der Waals surface area contributed by atoms with Crippen molar-refractivity contribution in [1.82, 2.24) is 25.9 Å². The highest BCUT2D eigenvalue weighted by atomic mass is 19.1. The zero-order chi connectivity index (χ0) is 30.7. The number of aromatic nitrogens is 2. The van der Waals surface area contributed by atoms with Gasteiger partial charge in [0.25, 0.3) is 0 Å². The fraction of sp³-hybridized carbons (Fsp3) is 0.303. The number of hydrazine groups is 2. The summed E-state index contributed by atoms with van der Waals surface area (Å²) in [5, 5.41) is 21.5. The third-order valence-electron chi connectivity index (χ3n) is 7.28. The molecule has 1 aliphatic rings. The molecule has 4 N–H and O–H groups in total. The molecule has 10 heteroatoms. The summed E-state index contributed by atoms with van der Waals surface area (Å²) in [6.07, 6.45) is 11.1. The maximum Gasteiger partial charge on any atom is 0.221 e. The van der Waals surface area contributed by atoms with Crippen LogP contribution in [-0.2, 0) is 0 Å². The summed E-state index contributed by atoms with van der Waals surface area (Å²) in [7, 11) is 1.59. The third-order valence-corrected chi connectivity index (χ3v) is 7.28. The summed E-state index contributed by atoms with van der Waals surface area (Å²) >= 11 is 0. The van der Waals surface area contributed by atoms with E-state index < -0.39 is 18.8 Å². The number of ether oxygens (including phenoxy) is 1. The normalized spacial score (nSPS) is 14.4. The molecular weight excluding hydrogens is 543 g/mol. The van der Waals surface area contributed by atoms with Crippen molar-refractivity contribution in [3.05, 3.63) is 77.4 Å². The van der Waals surface area contributed by atoms with Gasteiger partial charge in [0.15, 0.2) is 0 Å². The fourth-order valence-electron chi connectivity index (χ4n) is 5.04. The number of nitriles is 1. The van der Waals surface area contributed by atoms with Crippen molar-refractivity contribution in [2.24, 2.45) is 5.41 Å². The Kier molecular flexibility index (Phi) is 8.24. The molecule has 0 spiro atoms. The molecule has 0 fully saturated rings. The highest BCUT2D eigenvalue weighted by Crippen LogP contribution is 2.37. The first-order chi connectivity index (χ1) is 20.7. The number of pyridine rings is 2. The van der Waals surface area contributed by atoms with E-state index in [9.17, 15) is 9.65 Å². The molecule has 1 aliphatic heterocycles. The van der Waals surface area contributed by atoms with Crippen molar-refractivity contribution in [3.8, 4) is 24.3 Å². The number of fused-ring (bicyclic) bond motifs is 2. The lowest BCUT2D eigenvalue weighted by Gasteiger charge is -2.24. The van der Waals surface area contributed by atoms with Gasteiger partial charge in [0.05, 0.1) is 47.2 Å². The van der Waals surface area contributed by atoms with Gasteiger partial charge in [-0.3, -0.25) is 9.99 Å². The molecule has 0 aliphatic carbocycles. The lowest BCUT2D eigenvalue weighted by Crippen LogP contribution is -2.43. The van der Waals surface area contributed by atoms with Crippen molar-refractivity contribution < 1.29 is 9.13 Å². The molecule has 0 amide bonds. The lowest BCUT2D eigenvalue weighted by atomic mass is 9.95. The molecule has 2 aromatic carbocycles. The van der Waals surface area contributed by atoms with Crippen LogP contribution in [0.15, 0.2) is 60.7 Å². The van der Waals surface area contributed by atoms with Crippen LogP contribution < -0.4 is 26.3 Å². The zero-order valence-electron chi connectivity index (χ0n) is 24.9. The first-order valence-electron chi connectivity index (χ1n) is 14.0. The summed E-state index contributed by atoms with van der Waals surface area (Å²) in [6.45, 7) is 8.33. The van der Waals surface area contributed by atoms with Gasteiger partial charge in [-0.25, -0.2) is 9.37 Å². The maximum absolute atomic E-state index is 13.6. The zero-order valence-corrected chi connectivity index (χ0v) is 24.9. The number of alkyl halides is 1. The van der Waals surface area contributed by atoms with Crippen molar-refractivity contribution in [3.63, 3.8) is 0 Å². The summed E-state index contributed by atoms with van der Waals surface area (Å²) in [5.41, 5.74) is 10.9. The summed E-state index contributed by atoms with van der Waals surface area (Å²) in [6, 6.07) is 13.1. The molecule has 4 aromatic rings. The number of hydrogen-bond donors (Lipinski definition) is 4. The number of hydrogen-bond acceptors (Lipinski definition) is 9. The van der Waals surface area contributed by atoms with Crippen LogP contribution in [0.3, 0.4) is 0 Å². The average molecular weight is 579 g/mol. The monoisotopic (exact) mass is 578 g/mol. The highest BCUT2D eigenvalue weighted by molar-refractivity contribution is 5.99. The summed E-state index contributed by atoms with van der Waals surface area (Å²) in [4.78, 5) is 8.92. The molecule has 0 bridgehead atoms. The third kappa shape index (κ3) is 5.97. The van der Waals surface area contributed by atoms with E-state index in [4.69, 9.17) is 11.2 Å². The number of halogens is 1. The van der Waals surface area contributed by atoms with E-state index in [1.165, 1.54) is 0 Å². The Balaban J connectivity index is 1.68. The minimum atomic E-state index is -0.529. The van der Waals surface area contributed by atoms with E-state index in [0.717, 1.165) is 33.1 Å². The van der Waals surface area contributed by atoms with Crippen molar-refractivity contribution in [2.45, 2.75) is 39.8 Å². The van der Waals surface area contributed by atoms with Crippen LogP contribution in [0.1, 0.15) is 50.4 Å². The first kappa shape index (κ1) is 29.4. The molecule has 0 radical (unpaired) electrons. The quantitative estimate of drug-likeness (QED) is 0.184. The van der Waals surface area contributed by atoms with Gasteiger partial charge < -0.3 is 20.8 Å². The Hall–Kier alpha value is -5.06. The minimum absolute atomic E-state index is 0.0129. The number of anilines is 2. The molecular formula is C33H35FN8O. The average Bonchev–Trinajstić information content (AvgIpc) is 3.50. The predicted octanol–water partition coefficient (Wildman–Crippen LogP) is 5.78. The van der Waals surface area contributed by atoms with E-state index in [2.05, 4.69) is 64.3 Å². The second-order valence-corrected chi connectivity index (χ2v) is 11.7. The van der Waals surface area contributed by atoms with Gasteiger partial charge in [-0.2, -0.15) is 5.26 Å². The second-order valence-electron chi connectivity index (χ2n) is 11.7. The van der Waals surface area contributed by atoms with E-state index in [0.29, 0.717) is 34.8 Å². The molecule has 9 nitrogen and oxygen atoms in total. The molecule has 220 valence electrons. The number of rotatable bonds is 9. The van der Waals surface area contributed by atoms with E-state index in [1.807, 2.05) is 36.5 Å². The van der Waals surface area contributed by atoms with Gasteiger partial charge in [0.1, 0.15) is 12.7 Å². The molecule has 0 saturated carbocycles. The van der Waals surface area contributed by atoms with Crippen LogP contribution in [0.25, 0.3) is 21.7 Å². The Morgan fingerprint density at radius 1 is 1.14 bits per heavy atom. The molecule has 43 heavy (non-hydrogen) atoms. The summed E-state index contributed by atoms with van der Waals surface area (Å²) < 4.78 is 19.1. The van der Waals surface area contributed by atoms with Gasteiger partial charge in [0.2, 0.25) is 5.88 Å². The van der Waals surface area contributed by atoms with Crippen LogP contribution >= 0.6 is 0 Å². The van der Waals surface area contributed by atoms with Crippen LogP contribution in [0.4, 0.5) is 15.8 Å². The van der Waals surface area contributed by atoms with Crippen LogP contribution in [0.5, 0.6) is 5.88 Å². The van der Waals surface area contributed by atoms with E-state index in [-0.39, 0.29) is 5.41 Å². The number of methoxy groups -OCH3 is 1. The Morgan fingerprint density at radius 2 is 1.95 bits per heavy atom. The SMILES string of the molecule is C#Cc1cnc2c(C#N)cc(N[C@H](C3=CN([C@@H](C)CF)NN3)c3cccc4c(OC)nccc34)cc2c1NCC(C)(C)C. The number of nitrogens with zero attached hydrogens (tertiary/aromatic N) is 4. The lowest BCUT2D eigenvalue weighted by molar-refractivity contribution is 0.178. The standard InChI is InChI=1S/C33H35FN8O/c1-7-21-17-37-30-22(16-35)13-23(14-27(30)29(21)38-19-33(3,4)5)39-31(28-18-42(41-40-28)20(2)15-34)25-9-8-10-26-24(25)11-12-36-32(26)43-6/h1,8-14,17-18,20,31,39-41H,15,19H2,2-6H3,(H,37,38)/t20-,31-/m0/s1. The largest absolute Gasteiger partial charge is 0.481 e. The molecule has 2 atom stereocenters. The number of nitrogens with one attached hydrogen (secondary N) is 4. The van der Waals surface area contributed by atoms with Gasteiger partial charge in [-0.05, 0) is 47.6 Å². The maximum atomic E-state index is 13.6. The van der Waals surface area contributed by atoms with Crippen LogP contribution in [0.2, 0.25) is 0 Å². The van der Waals surface area contributed by atoms with Crippen molar-refractivity contribution in [2.75, 3.05) is 31.0 Å². The number of benzene rings is 2. The molecule has 5 rings (SSSR count).